The summed E-state index contributed by atoms with van der Waals surface area (Å²) in [5, 5.41) is 14.6. The number of aliphatic hydroxyl groups excluding tert-OH is 1. The van der Waals surface area contributed by atoms with Crippen LogP contribution in [0.25, 0.3) is 11.2 Å². The lowest BCUT2D eigenvalue weighted by atomic mass is 10.1. The van der Waals surface area contributed by atoms with Crippen molar-refractivity contribution >= 4 is 40.1 Å². The maximum absolute atomic E-state index is 12.4. The van der Waals surface area contributed by atoms with Gasteiger partial charge in [-0.1, -0.05) is 69.2 Å². The lowest BCUT2D eigenvalue weighted by molar-refractivity contribution is -0.118. The second-order valence-corrected chi connectivity index (χ2v) is 21.7. The second-order valence-electron chi connectivity index (χ2n) is 12.9. The Kier molecular flexibility index (Phi) is 9.87. The molecule has 0 unspecified atom stereocenters. The number of hydrogen-bond donors (Lipinski definition) is 2. The number of imidazole rings is 1. The molecule has 4 heterocycles. The Balaban J connectivity index is 1.78. The van der Waals surface area contributed by atoms with Crippen LogP contribution < -0.4 is 10.1 Å². The molecular weight excluding hydrogens is 575 g/mol. The standard InChI is InChI=1S/C28H49N5O7Si2/c1-12-36-26-21-24(30-28(32-26)31-25(35)15(2)3)33(14-29-21)27-22(34)23-20(38-27)13-37-41(16(4)5,17(6)7)40-42(39-23,18(8)9)19(10)11/h14-20,22-23,27,34H,12-13H2,1-11H3,(H,30,31,32,35)/t20-,22-,23-,27-/m1/s1. The SMILES string of the molecule is CCOc1nc(NC(=O)C(C)C)nc2c1ncn2[C@@H]1O[C@@H]2CO[Si](C(C)C)(C(C)C)O[Si](C(C)C)(C(C)C)O[C@H]2[C@H]1O. The van der Waals surface area contributed by atoms with Gasteiger partial charge in [-0.15, -0.1) is 0 Å². The first-order chi connectivity index (χ1) is 19.7. The van der Waals surface area contributed by atoms with Crippen molar-refractivity contribution in [1.29, 1.82) is 0 Å². The summed E-state index contributed by atoms with van der Waals surface area (Å²) in [6.07, 6.45) is -1.59. The van der Waals surface area contributed by atoms with E-state index in [2.05, 4.69) is 75.7 Å². The number of aliphatic hydroxyl groups is 1. The number of amides is 1. The van der Waals surface area contributed by atoms with Crippen LogP contribution in [-0.2, 0) is 22.5 Å². The zero-order chi connectivity index (χ0) is 31.1. The first-order valence-electron chi connectivity index (χ1n) is 15.2. The van der Waals surface area contributed by atoms with E-state index in [0.717, 1.165) is 0 Å². The number of nitrogens with zero attached hydrogens (tertiary/aromatic N) is 4. The molecule has 42 heavy (non-hydrogen) atoms. The highest BCUT2D eigenvalue weighted by atomic mass is 28.5. The van der Waals surface area contributed by atoms with Gasteiger partial charge < -0.3 is 27.5 Å². The molecule has 0 radical (unpaired) electrons. The molecule has 14 heteroatoms. The maximum Gasteiger partial charge on any atom is 0.335 e. The predicted molar refractivity (Wildman–Crippen MR) is 164 cm³/mol. The molecule has 2 aliphatic rings. The molecule has 2 aliphatic heterocycles. The molecule has 0 spiro atoms. The van der Waals surface area contributed by atoms with Crippen LogP contribution >= 0.6 is 0 Å². The Morgan fingerprint density at radius 2 is 1.67 bits per heavy atom. The summed E-state index contributed by atoms with van der Waals surface area (Å²) in [7, 11) is -5.72. The molecular formula is C28H49N5O7Si2. The molecule has 0 aromatic carbocycles. The quantitative estimate of drug-likeness (QED) is 0.366. The van der Waals surface area contributed by atoms with E-state index in [0.29, 0.717) is 17.8 Å². The highest BCUT2D eigenvalue weighted by Crippen LogP contribution is 2.48. The van der Waals surface area contributed by atoms with E-state index in [-0.39, 0.29) is 52.4 Å². The van der Waals surface area contributed by atoms with Gasteiger partial charge in [0.05, 0.1) is 19.5 Å². The smallest absolute Gasteiger partial charge is 0.335 e. The molecule has 4 atom stereocenters. The minimum absolute atomic E-state index is 0.0913. The number of anilines is 1. The van der Waals surface area contributed by atoms with Crippen molar-refractivity contribution < 1.29 is 32.3 Å². The zero-order valence-corrected chi connectivity index (χ0v) is 28.9. The Hall–Kier alpha value is -1.95. The van der Waals surface area contributed by atoms with Crippen molar-refractivity contribution in [2.45, 2.75) is 123 Å². The monoisotopic (exact) mass is 623 g/mol. The molecule has 0 aliphatic carbocycles. The van der Waals surface area contributed by atoms with E-state index in [1.54, 1.807) is 24.7 Å². The minimum Gasteiger partial charge on any atom is -0.476 e. The van der Waals surface area contributed by atoms with Crippen molar-refractivity contribution in [1.82, 2.24) is 19.5 Å². The molecule has 1 amide bonds. The van der Waals surface area contributed by atoms with Crippen molar-refractivity contribution in [3.63, 3.8) is 0 Å². The summed E-state index contributed by atoms with van der Waals surface area (Å²) >= 11 is 0. The Bertz CT molecular complexity index is 1240. The maximum atomic E-state index is 12.4. The van der Waals surface area contributed by atoms with Crippen LogP contribution in [0.3, 0.4) is 0 Å². The fourth-order valence-corrected chi connectivity index (χ4v) is 17.2. The Labute approximate surface area is 251 Å². The van der Waals surface area contributed by atoms with Crippen molar-refractivity contribution in [3.8, 4) is 5.88 Å². The van der Waals surface area contributed by atoms with Gasteiger partial charge >= 0.3 is 17.1 Å². The highest BCUT2D eigenvalue weighted by molar-refractivity contribution is 6.84. The lowest BCUT2D eigenvalue weighted by Crippen LogP contribution is -2.65. The first-order valence-corrected chi connectivity index (χ1v) is 19.2. The Morgan fingerprint density at radius 3 is 2.21 bits per heavy atom. The van der Waals surface area contributed by atoms with Crippen LogP contribution in [0.2, 0.25) is 22.2 Å². The summed E-state index contributed by atoms with van der Waals surface area (Å²) in [6, 6.07) is 0. The molecule has 2 N–H and O–H groups in total. The molecule has 0 saturated carbocycles. The van der Waals surface area contributed by atoms with E-state index in [1.807, 2.05) is 6.92 Å². The van der Waals surface area contributed by atoms with Crippen LogP contribution in [0.4, 0.5) is 5.95 Å². The summed E-state index contributed by atoms with van der Waals surface area (Å²) in [5.74, 6) is -0.162. The molecule has 236 valence electrons. The Morgan fingerprint density at radius 1 is 1.05 bits per heavy atom. The van der Waals surface area contributed by atoms with Gasteiger partial charge in [0, 0.05) is 5.92 Å². The molecule has 4 rings (SSSR count). The van der Waals surface area contributed by atoms with Crippen molar-refractivity contribution in [2.75, 3.05) is 18.5 Å². The van der Waals surface area contributed by atoms with Crippen LogP contribution in [-0.4, -0.2) is 79.2 Å². The number of rotatable bonds is 9. The van der Waals surface area contributed by atoms with Gasteiger partial charge in [-0.25, -0.2) is 4.98 Å². The third kappa shape index (κ3) is 5.78. The van der Waals surface area contributed by atoms with Crippen LogP contribution in [0, 0.1) is 5.92 Å². The largest absolute Gasteiger partial charge is 0.476 e. The predicted octanol–water partition coefficient (Wildman–Crippen LogP) is 5.03. The van der Waals surface area contributed by atoms with Gasteiger partial charge in [-0.2, -0.15) is 9.97 Å². The number of fused-ring (bicyclic) bond motifs is 2. The van der Waals surface area contributed by atoms with Crippen LogP contribution in [0.1, 0.15) is 82.4 Å². The molecule has 2 aromatic rings. The molecule has 2 fully saturated rings. The highest BCUT2D eigenvalue weighted by Gasteiger charge is 2.61. The minimum atomic E-state index is -2.96. The molecule has 12 nitrogen and oxygen atoms in total. The van der Waals surface area contributed by atoms with E-state index in [4.69, 9.17) is 22.4 Å². The number of carbonyl (C=O) groups excluding carboxylic acids is 1. The number of carbonyl (C=O) groups is 1. The topological polar surface area (TPSA) is 139 Å². The van der Waals surface area contributed by atoms with E-state index in [9.17, 15) is 9.90 Å². The van der Waals surface area contributed by atoms with Gasteiger partial charge in [0.15, 0.2) is 17.4 Å². The van der Waals surface area contributed by atoms with Crippen LogP contribution in [0.15, 0.2) is 6.33 Å². The summed E-state index contributed by atoms with van der Waals surface area (Å²) in [4.78, 5) is 25.9. The van der Waals surface area contributed by atoms with Gasteiger partial charge in [-0.05, 0) is 29.1 Å². The zero-order valence-electron chi connectivity index (χ0n) is 26.9. The molecule has 2 aromatic heterocycles. The lowest BCUT2D eigenvalue weighted by Gasteiger charge is -2.51. The fraction of sp³-hybridized carbons (Fsp3) is 0.786. The van der Waals surface area contributed by atoms with Gasteiger partial charge in [0.2, 0.25) is 17.7 Å². The summed E-state index contributed by atoms with van der Waals surface area (Å²) in [5.41, 5.74) is 1.37. The van der Waals surface area contributed by atoms with Gasteiger partial charge in [0.1, 0.15) is 18.3 Å². The number of aromatic nitrogens is 4. The van der Waals surface area contributed by atoms with E-state index >= 15 is 0 Å². The summed E-state index contributed by atoms with van der Waals surface area (Å²) in [6.45, 7) is 23.3. The van der Waals surface area contributed by atoms with E-state index in [1.165, 1.54) is 0 Å². The third-order valence-corrected chi connectivity index (χ3v) is 18.6. The van der Waals surface area contributed by atoms with E-state index < -0.39 is 41.7 Å². The third-order valence-electron chi connectivity index (χ3n) is 8.34. The number of ether oxygens (including phenoxy) is 2. The van der Waals surface area contributed by atoms with Crippen molar-refractivity contribution in [3.05, 3.63) is 6.33 Å². The average Bonchev–Trinajstić information content (AvgIpc) is 3.44. The first kappa shape index (κ1) is 33.0. The molecule has 0 bridgehead atoms. The number of nitrogens with one attached hydrogen (secondary N) is 1. The fourth-order valence-electron chi connectivity index (χ4n) is 5.99. The summed E-state index contributed by atoms with van der Waals surface area (Å²) < 4.78 is 35.1. The number of hydrogen-bond acceptors (Lipinski definition) is 10. The second kappa shape index (κ2) is 12.6. The van der Waals surface area contributed by atoms with Crippen LogP contribution in [0.5, 0.6) is 5.88 Å². The van der Waals surface area contributed by atoms with Crippen molar-refractivity contribution in [2.24, 2.45) is 5.92 Å². The van der Waals surface area contributed by atoms with Gasteiger partial charge in [-0.3, -0.25) is 14.7 Å². The average molecular weight is 624 g/mol. The van der Waals surface area contributed by atoms with Gasteiger partial charge in [0.25, 0.3) is 0 Å². The normalized spacial score (nSPS) is 25.8. The molecule has 2 saturated heterocycles.